The Bertz CT molecular complexity index is 353. The van der Waals surface area contributed by atoms with Gasteiger partial charge >= 0.3 is 0 Å². The molecule has 0 spiro atoms. The third-order valence-corrected chi connectivity index (χ3v) is 3.34. The van der Waals surface area contributed by atoms with Crippen LogP contribution in [0, 0.1) is 6.92 Å². The Morgan fingerprint density at radius 2 is 2.22 bits per heavy atom. The van der Waals surface area contributed by atoms with Crippen molar-refractivity contribution in [1.82, 2.24) is 4.90 Å². The van der Waals surface area contributed by atoms with Gasteiger partial charge in [0.2, 0.25) is 0 Å². The summed E-state index contributed by atoms with van der Waals surface area (Å²) in [6, 6.07) is 3.96. The molecule has 1 saturated heterocycles. The van der Waals surface area contributed by atoms with Gasteiger partial charge in [-0.05, 0) is 44.9 Å². The van der Waals surface area contributed by atoms with Gasteiger partial charge in [-0.3, -0.25) is 9.29 Å². The van der Waals surface area contributed by atoms with Gasteiger partial charge in [-0.2, -0.15) is 0 Å². The summed E-state index contributed by atoms with van der Waals surface area (Å²) in [7, 11) is 0. The maximum Gasteiger partial charge on any atom is 0.134 e. The molecule has 1 aromatic rings. The average molecular weight is 255 g/mol. The Balaban J connectivity index is 1.77. The van der Waals surface area contributed by atoms with Gasteiger partial charge in [0.25, 0.3) is 0 Å². The van der Waals surface area contributed by atoms with E-state index in [2.05, 4.69) is 4.90 Å². The van der Waals surface area contributed by atoms with Gasteiger partial charge in [0.1, 0.15) is 17.6 Å². The number of rotatable bonds is 6. The van der Waals surface area contributed by atoms with Crippen molar-refractivity contribution in [2.24, 2.45) is 0 Å². The molecule has 1 atom stereocenters. The van der Waals surface area contributed by atoms with E-state index in [0.717, 1.165) is 50.6 Å². The fourth-order valence-electron chi connectivity index (χ4n) is 2.31. The Morgan fingerprint density at radius 3 is 2.94 bits per heavy atom. The molecule has 3 nitrogen and oxygen atoms in total. The lowest BCUT2D eigenvalue weighted by molar-refractivity contribution is -0.0406. The highest BCUT2D eigenvalue weighted by Gasteiger charge is 2.23. The Hall–Kier alpha value is -0.870. The number of furan rings is 1. The highest BCUT2D eigenvalue weighted by Crippen LogP contribution is 2.24. The van der Waals surface area contributed by atoms with Gasteiger partial charge < -0.3 is 9.15 Å². The molecule has 0 saturated carbocycles. The van der Waals surface area contributed by atoms with Crippen LogP contribution in [0.4, 0.5) is 4.39 Å². The number of ether oxygens (including phenoxy) is 1. The third-order valence-electron chi connectivity index (χ3n) is 3.34. The van der Waals surface area contributed by atoms with Gasteiger partial charge in [0.05, 0.1) is 13.3 Å². The van der Waals surface area contributed by atoms with E-state index < -0.39 is 0 Å². The van der Waals surface area contributed by atoms with E-state index in [1.165, 1.54) is 0 Å². The summed E-state index contributed by atoms with van der Waals surface area (Å²) in [4.78, 5) is 2.38. The average Bonchev–Trinajstić information content (AvgIpc) is 2.82. The zero-order valence-corrected chi connectivity index (χ0v) is 11.0. The Morgan fingerprint density at radius 1 is 1.33 bits per heavy atom. The summed E-state index contributed by atoms with van der Waals surface area (Å²) < 4.78 is 23.4. The lowest BCUT2D eigenvalue weighted by Crippen LogP contribution is -2.38. The molecular formula is C14H22FNO2. The summed E-state index contributed by atoms with van der Waals surface area (Å²) in [5.41, 5.74) is 0. The molecule has 1 aromatic heterocycles. The van der Waals surface area contributed by atoms with E-state index >= 15 is 0 Å². The van der Waals surface area contributed by atoms with Gasteiger partial charge in [-0.25, -0.2) is 0 Å². The molecule has 1 aliphatic heterocycles. The molecule has 1 unspecified atom stereocenters. The second kappa shape index (κ2) is 6.90. The van der Waals surface area contributed by atoms with Crippen molar-refractivity contribution in [3.8, 4) is 0 Å². The highest BCUT2D eigenvalue weighted by molar-refractivity contribution is 5.09. The van der Waals surface area contributed by atoms with E-state index in [1.54, 1.807) is 0 Å². The van der Waals surface area contributed by atoms with Crippen molar-refractivity contribution in [2.45, 2.75) is 32.3 Å². The van der Waals surface area contributed by atoms with Crippen molar-refractivity contribution in [1.29, 1.82) is 0 Å². The number of hydrogen-bond acceptors (Lipinski definition) is 3. The summed E-state index contributed by atoms with van der Waals surface area (Å²) in [5.74, 6) is 1.84. The zero-order valence-electron chi connectivity index (χ0n) is 11.0. The van der Waals surface area contributed by atoms with Gasteiger partial charge in [-0.15, -0.1) is 0 Å². The minimum atomic E-state index is -0.197. The topological polar surface area (TPSA) is 25.6 Å². The monoisotopic (exact) mass is 255 g/mol. The Labute approximate surface area is 108 Å². The SMILES string of the molecule is Cc1ccc(C2CN(CCCCCF)CCO2)o1. The first-order chi connectivity index (χ1) is 8.79. The largest absolute Gasteiger partial charge is 0.464 e. The molecule has 2 heterocycles. The smallest absolute Gasteiger partial charge is 0.134 e. The van der Waals surface area contributed by atoms with E-state index in [-0.39, 0.29) is 12.8 Å². The summed E-state index contributed by atoms with van der Waals surface area (Å²) in [6.45, 7) is 5.36. The minimum absolute atomic E-state index is 0.0497. The van der Waals surface area contributed by atoms with Crippen molar-refractivity contribution in [2.75, 3.05) is 32.9 Å². The molecule has 0 aromatic carbocycles. The number of alkyl halides is 1. The maximum atomic E-state index is 12.0. The quantitative estimate of drug-likeness (QED) is 0.730. The lowest BCUT2D eigenvalue weighted by Gasteiger charge is -2.31. The van der Waals surface area contributed by atoms with Crippen LogP contribution in [0.5, 0.6) is 0 Å². The van der Waals surface area contributed by atoms with Crippen molar-refractivity contribution >= 4 is 0 Å². The van der Waals surface area contributed by atoms with Gasteiger partial charge in [-0.1, -0.05) is 0 Å². The molecule has 1 fully saturated rings. The molecule has 1 aliphatic rings. The molecule has 0 aliphatic carbocycles. The highest BCUT2D eigenvalue weighted by atomic mass is 19.1. The van der Waals surface area contributed by atoms with Crippen LogP contribution in [0.3, 0.4) is 0 Å². The number of aryl methyl sites for hydroxylation is 1. The first-order valence-corrected chi connectivity index (χ1v) is 6.76. The predicted molar refractivity (Wildman–Crippen MR) is 68.4 cm³/mol. The molecular weight excluding hydrogens is 233 g/mol. The van der Waals surface area contributed by atoms with Gasteiger partial charge in [0.15, 0.2) is 0 Å². The van der Waals surface area contributed by atoms with E-state index in [4.69, 9.17) is 9.15 Å². The molecule has 102 valence electrons. The van der Waals surface area contributed by atoms with Crippen LogP contribution in [0.2, 0.25) is 0 Å². The van der Waals surface area contributed by atoms with E-state index in [9.17, 15) is 4.39 Å². The second-order valence-corrected chi connectivity index (χ2v) is 4.86. The Kier molecular flexibility index (Phi) is 5.20. The summed E-state index contributed by atoms with van der Waals surface area (Å²) >= 11 is 0. The molecule has 4 heteroatoms. The van der Waals surface area contributed by atoms with E-state index in [1.807, 2.05) is 19.1 Å². The van der Waals surface area contributed by atoms with Crippen LogP contribution < -0.4 is 0 Å². The number of hydrogen-bond donors (Lipinski definition) is 0. The molecule has 18 heavy (non-hydrogen) atoms. The second-order valence-electron chi connectivity index (χ2n) is 4.86. The van der Waals surface area contributed by atoms with Crippen LogP contribution in [-0.2, 0) is 4.74 Å². The molecule has 0 bridgehead atoms. The fraction of sp³-hybridized carbons (Fsp3) is 0.714. The minimum Gasteiger partial charge on any atom is -0.464 e. The van der Waals surface area contributed by atoms with Crippen molar-refractivity contribution in [3.63, 3.8) is 0 Å². The third kappa shape index (κ3) is 3.82. The van der Waals surface area contributed by atoms with Crippen LogP contribution in [-0.4, -0.2) is 37.8 Å². The molecule has 0 N–H and O–H groups in total. The standard InChI is InChI=1S/C14H22FNO2/c1-12-5-6-13(18-12)14-11-16(9-10-17-14)8-4-2-3-7-15/h5-6,14H,2-4,7-11H2,1H3. The number of morpholine rings is 1. The predicted octanol–water partition coefficient (Wildman–Crippen LogP) is 3.10. The van der Waals surface area contributed by atoms with E-state index in [0.29, 0.717) is 6.42 Å². The fourth-order valence-corrected chi connectivity index (χ4v) is 2.31. The lowest BCUT2D eigenvalue weighted by atomic mass is 10.2. The molecule has 0 radical (unpaired) electrons. The maximum absolute atomic E-state index is 12.0. The van der Waals surface area contributed by atoms with Crippen LogP contribution in [0.1, 0.15) is 36.9 Å². The van der Waals surface area contributed by atoms with Crippen LogP contribution in [0.25, 0.3) is 0 Å². The number of halogens is 1. The van der Waals surface area contributed by atoms with Gasteiger partial charge in [0, 0.05) is 13.1 Å². The van der Waals surface area contributed by atoms with Crippen molar-refractivity contribution < 1.29 is 13.5 Å². The number of unbranched alkanes of at least 4 members (excludes halogenated alkanes) is 2. The first kappa shape index (κ1) is 13.6. The summed E-state index contributed by atoms with van der Waals surface area (Å²) in [5, 5.41) is 0. The van der Waals surface area contributed by atoms with Crippen molar-refractivity contribution in [3.05, 3.63) is 23.7 Å². The molecule has 2 rings (SSSR count). The summed E-state index contributed by atoms with van der Waals surface area (Å²) in [6.07, 6.45) is 2.77. The zero-order chi connectivity index (χ0) is 12.8. The molecule has 0 amide bonds. The number of nitrogens with zero attached hydrogens (tertiary/aromatic N) is 1. The van der Waals surface area contributed by atoms with Crippen LogP contribution in [0.15, 0.2) is 16.5 Å². The van der Waals surface area contributed by atoms with Crippen LogP contribution >= 0.6 is 0 Å². The normalized spacial score (nSPS) is 21.3. The first-order valence-electron chi connectivity index (χ1n) is 6.76.